The van der Waals surface area contributed by atoms with Crippen LogP contribution in [0.2, 0.25) is 5.02 Å². The first-order valence-electron chi connectivity index (χ1n) is 7.63. The van der Waals surface area contributed by atoms with E-state index < -0.39 is 23.9 Å². The summed E-state index contributed by atoms with van der Waals surface area (Å²) < 4.78 is 43.8. The molecule has 146 valence electrons. The number of ether oxygens (including phenoxy) is 1. The zero-order valence-electron chi connectivity index (χ0n) is 13.7. The van der Waals surface area contributed by atoms with Crippen molar-refractivity contribution >= 4 is 39.2 Å². The minimum atomic E-state index is -4.48. The van der Waals surface area contributed by atoms with Crippen LogP contribution in [0.5, 0.6) is 5.75 Å². The Balaban J connectivity index is 1.79. The van der Waals surface area contributed by atoms with Crippen LogP contribution in [-0.4, -0.2) is 30.4 Å². The van der Waals surface area contributed by atoms with Crippen molar-refractivity contribution in [2.75, 3.05) is 18.5 Å². The van der Waals surface area contributed by atoms with Gasteiger partial charge in [-0.2, -0.15) is 13.2 Å². The summed E-state index contributed by atoms with van der Waals surface area (Å²) in [7, 11) is 0. The molecule has 1 unspecified atom stereocenters. The Bertz CT molecular complexity index is 805. The number of benzene rings is 2. The fourth-order valence-electron chi connectivity index (χ4n) is 1.98. The van der Waals surface area contributed by atoms with Gasteiger partial charge in [-0.15, -0.1) is 0 Å². The molecule has 2 rings (SSSR count). The average molecular weight is 468 g/mol. The number of carbonyl (C=O) groups excluding carboxylic acids is 1. The average Bonchev–Trinajstić information content (AvgIpc) is 2.60. The summed E-state index contributed by atoms with van der Waals surface area (Å²) in [6.45, 7) is -0.459. The molecule has 0 saturated carbocycles. The summed E-state index contributed by atoms with van der Waals surface area (Å²) in [6, 6.07) is 8.60. The molecule has 5 nitrogen and oxygen atoms in total. The van der Waals surface area contributed by atoms with E-state index in [-0.39, 0.29) is 18.9 Å². The fraction of sp³-hybridized carbons (Fsp3) is 0.235. The number of nitrogens with one attached hydrogen (secondary N) is 2. The Morgan fingerprint density at radius 3 is 2.67 bits per heavy atom. The first kappa shape index (κ1) is 21.3. The molecule has 27 heavy (non-hydrogen) atoms. The van der Waals surface area contributed by atoms with Crippen LogP contribution in [0.25, 0.3) is 0 Å². The van der Waals surface area contributed by atoms with Gasteiger partial charge in [0.05, 0.1) is 16.3 Å². The summed E-state index contributed by atoms with van der Waals surface area (Å²) in [5.74, 6) is -0.0324. The number of hydrogen-bond acceptors (Lipinski definition) is 3. The molecule has 0 spiro atoms. The Morgan fingerprint density at radius 2 is 2.00 bits per heavy atom. The number of halogens is 5. The van der Waals surface area contributed by atoms with E-state index in [0.717, 1.165) is 16.6 Å². The van der Waals surface area contributed by atoms with Crippen LogP contribution in [0.15, 0.2) is 46.9 Å². The second-order valence-corrected chi connectivity index (χ2v) is 6.77. The number of amides is 2. The van der Waals surface area contributed by atoms with Gasteiger partial charge in [-0.25, -0.2) is 4.79 Å². The van der Waals surface area contributed by atoms with E-state index in [1.54, 1.807) is 18.2 Å². The minimum Gasteiger partial charge on any atom is -0.491 e. The molecule has 0 saturated heterocycles. The summed E-state index contributed by atoms with van der Waals surface area (Å²) in [5.41, 5.74) is -0.467. The predicted molar refractivity (Wildman–Crippen MR) is 99.1 cm³/mol. The summed E-state index contributed by atoms with van der Waals surface area (Å²) in [4.78, 5) is 11.8. The third-order valence-electron chi connectivity index (χ3n) is 3.28. The number of aliphatic hydroxyl groups is 1. The molecule has 0 aliphatic carbocycles. The topological polar surface area (TPSA) is 70.6 Å². The molecule has 0 bridgehead atoms. The molecule has 0 heterocycles. The van der Waals surface area contributed by atoms with E-state index in [9.17, 15) is 23.1 Å². The maximum absolute atomic E-state index is 12.6. The van der Waals surface area contributed by atoms with Crippen LogP contribution < -0.4 is 15.4 Å². The molecule has 0 aromatic heterocycles. The van der Waals surface area contributed by atoms with Crippen LogP contribution in [-0.2, 0) is 6.18 Å². The minimum absolute atomic E-state index is 0.0324. The smallest absolute Gasteiger partial charge is 0.416 e. The maximum Gasteiger partial charge on any atom is 0.416 e. The number of hydrogen-bond donors (Lipinski definition) is 3. The SMILES string of the molecule is O=C(NCC(O)COc1cccc(C(F)(F)F)c1)Nc1ccc(Br)cc1Cl. The lowest BCUT2D eigenvalue weighted by atomic mass is 10.2. The number of anilines is 1. The molecule has 0 aliphatic rings. The van der Waals surface area contributed by atoms with E-state index in [2.05, 4.69) is 26.6 Å². The van der Waals surface area contributed by atoms with Gasteiger partial charge in [0.25, 0.3) is 0 Å². The monoisotopic (exact) mass is 466 g/mol. The highest BCUT2D eigenvalue weighted by Gasteiger charge is 2.30. The molecule has 2 aromatic carbocycles. The Labute approximate surface area is 166 Å². The largest absolute Gasteiger partial charge is 0.491 e. The number of aliphatic hydroxyl groups excluding tert-OH is 1. The van der Waals surface area contributed by atoms with Crippen molar-refractivity contribution in [2.24, 2.45) is 0 Å². The normalized spacial score (nSPS) is 12.4. The highest BCUT2D eigenvalue weighted by molar-refractivity contribution is 9.10. The van der Waals surface area contributed by atoms with Crippen molar-refractivity contribution in [3.63, 3.8) is 0 Å². The molecule has 0 aliphatic heterocycles. The van der Waals surface area contributed by atoms with Gasteiger partial charge in [-0.3, -0.25) is 0 Å². The van der Waals surface area contributed by atoms with E-state index in [4.69, 9.17) is 16.3 Å². The van der Waals surface area contributed by atoms with Crippen LogP contribution in [0.3, 0.4) is 0 Å². The molecule has 3 N–H and O–H groups in total. The molecule has 2 amide bonds. The molecule has 10 heteroatoms. The summed E-state index contributed by atoms with van der Waals surface area (Å²) in [6.07, 6.45) is -5.60. The van der Waals surface area contributed by atoms with Crippen molar-refractivity contribution in [3.05, 3.63) is 57.5 Å². The zero-order valence-corrected chi connectivity index (χ0v) is 16.0. The molecule has 0 radical (unpaired) electrons. The lowest BCUT2D eigenvalue weighted by Gasteiger charge is -2.15. The number of urea groups is 1. The van der Waals surface area contributed by atoms with Gasteiger partial charge in [-0.05, 0) is 36.4 Å². The van der Waals surface area contributed by atoms with Crippen molar-refractivity contribution in [2.45, 2.75) is 12.3 Å². The van der Waals surface area contributed by atoms with Gasteiger partial charge in [0.1, 0.15) is 18.5 Å². The van der Waals surface area contributed by atoms with Crippen LogP contribution >= 0.6 is 27.5 Å². The fourth-order valence-corrected chi connectivity index (χ4v) is 2.70. The zero-order chi connectivity index (χ0) is 20.0. The highest BCUT2D eigenvalue weighted by atomic mass is 79.9. The van der Waals surface area contributed by atoms with E-state index in [1.165, 1.54) is 12.1 Å². The lowest BCUT2D eigenvalue weighted by Crippen LogP contribution is -2.37. The van der Waals surface area contributed by atoms with Gasteiger partial charge in [-0.1, -0.05) is 33.6 Å². The Kier molecular flexibility index (Phi) is 7.34. The molecule has 0 fully saturated rings. The van der Waals surface area contributed by atoms with Crippen molar-refractivity contribution < 1.29 is 27.8 Å². The van der Waals surface area contributed by atoms with Crippen molar-refractivity contribution in [1.29, 1.82) is 0 Å². The Hall–Kier alpha value is -1.97. The Morgan fingerprint density at radius 1 is 1.26 bits per heavy atom. The van der Waals surface area contributed by atoms with Gasteiger partial charge in [0.15, 0.2) is 0 Å². The van der Waals surface area contributed by atoms with E-state index in [1.807, 2.05) is 0 Å². The van der Waals surface area contributed by atoms with Crippen LogP contribution in [0.4, 0.5) is 23.7 Å². The summed E-state index contributed by atoms with van der Waals surface area (Å²) >= 11 is 9.22. The molecule has 1 atom stereocenters. The van der Waals surface area contributed by atoms with Gasteiger partial charge >= 0.3 is 12.2 Å². The first-order valence-corrected chi connectivity index (χ1v) is 8.80. The van der Waals surface area contributed by atoms with Crippen molar-refractivity contribution in [3.8, 4) is 5.75 Å². The third kappa shape index (κ3) is 6.93. The second kappa shape index (κ2) is 9.29. The second-order valence-electron chi connectivity index (χ2n) is 5.45. The number of alkyl halides is 3. The van der Waals surface area contributed by atoms with E-state index in [0.29, 0.717) is 10.7 Å². The summed E-state index contributed by atoms with van der Waals surface area (Å²) in [5, 5.41) is 15.1. The molecule has 2 aromatic rings. The third-order valence-corrected chi connectivity index (χ3v) is 4.09. The maximum atomic E-state index is 12.6. The quantitative estimate of drug-likeness (QED) is 0.578. The van der Waals surface area contributed by atoms with Gasteiger partial charge < -0.3 is 20.5 Å². The van der Waals surface area contributed by atoms with Crippen molar-refractivity contribution in [1.82, 2.24) is 5.32 Å². The van der Waals surface area contributed by atoms with Crippen LogP contribution in [0, 0.1) is 0 Å². The van der Waals surface area contributed by atoms with Crippen LogP contribution in [0.1, 0.15) is 5.56 Å². The van der Waals surface area contributed by atoms with E-state index >= 15 is 0 Å². The van der Waals surface area contributed by atoms with Gasteiger partial charge in [0, 0.05) is 11.0 Å². The lowest BCUT2D eigenvalue weighted by molar-refractivity contribution is -0.137. The standard InChI is InChI=1S/C17H15BrClF3N2O3/c18-11-4-5-15(14(19)7-11)24-16(26)23-8-12(25)9-27-13-3-1-2-10(6-13)17(20,21)22/h1-7,12,25H,8-9H2,(H2,23,24,26). The number of carbonyl (C=O) groups is 1. The first-order chi connectivity index (χ1) is 12.6. The van der Waals surface area contributed by atoms with Gasteiger partial charge in [0.2, 0.25) is 0 Å². The number of rotatable bonds is 6. The molecular formula is C17H15BrClF3N2O3. The predicted octanol–water partition coefficient (Wildman–Crippen LogP) is 4.68. The molecular weight excluding hydrogens is 453 g/mol. The highest BCUT2D eigenvalue weighted by Crippen LogP contribution is 2.31.